The summed E-state index contributed by atoms with van der Waals surface area (Å²) in [4.78, 5) is 14.2. The Labute approximate surface area is 97.6 Å². The summed E-state index contributed by atoms with van der Waals surface area (Å²) in [6, 6.07) is 0. The van der Waals surface area contributed by atoms with Gasteiger partial charge >= 0.3 is 0 Å². The highest BCUT2D eigenvalue weighted by Crippen LogP contribution is 2.34. The van der Waals surface area contributed by atoms with E-state index in [1.165, 1.54) is 38.8 Å². The average molecular weight is 222 g/mol. The number of likely N-dealkylation sites (tertiary alicyclic amines) is 1. The molecule has 2 heterocycles. The molecule has 3 rings (SSSR count). The van der Waals surface area contributed by atoms with E-state index in [-0.39, 0.29) is 0 Å². The van der Waals surface area contributed by atoms with Gasteiger partial charge in [-0.2, -0.15) is 0 Å². The van der Waals surface area contributed by atoms with Crippen LogP contribution in [0.15, 0.2) is 0 Å². The Balaban J connectivity index is 1.54. The van der Waals surface area contributed by atoms with Crippen molar-refractivity contribution in [3.05, 3.63) is 0 Å². The van der Waals surface area contributed by atoms with Crippen LogP contribution in [0.25, 0.3) is 0 Å². The predicted molar refractivity (Wildman–Crippen MR) is 63.0 cm³/mol. The Hall–Kier alpha value is -0.570. The maximum Gasteiger partial charge on any atom is 0.222 e. The van der Waals surface area contributed by atoms with E-state index in [9.17, 15) is 4.79 Å². The Morgan fingerprint density at radius 1 is 1.06 bits per heavy atom. The van der Waals surface area contributed by atoms with Crippen molar-refractivity contribution in [1.82, 2.24) is 10.2 Å². The normalized spacial score (nSPS) is 34.6. The van der Waals surface area contributed by atoms with Gasteiger partial charge in [0.25, 0.3) is 0 Å². The van der Waals surface area contributed by atoms with E-state index in [1.807, 2.05) is 0 Å². The molecule has 90 valence electrons. The Morgan fingerprint density at radius 3 is 2.25 bits per heavy atom. The lowest BCUT2D eigenvalue weighted by Gasteiger charge is -2.20. The summed E-state index contributed by atoms with van der Waals surface area (Å²) < 4.78 is 0. The van der Waals surface area contributed by atoms with E-state index in [1.54, 1.807) is 0 Å². The quantitative estimate of drug-likeness (QED) is 0.762. The summed E-state index contributed by atoms with van der Waals surface area (Å²) >= 11 is 0. The number of fused-ring (bicyclic) bond motifs is 1. The molecule has 16 heavy (non-hydrogen) atoms. The zero-order valence-electron chi connectivity index (χ0n) is 9.95. The minimum Gasteiger partial charge on any atom is -0.343 e. The number of rotatable bonds is 2. The second-order valence-electron chi connectivity index (χ2n) is 5.78. The molecule has 0 radical (unpaired) electrons. The summed E-state index contributed by atoms with van der Waals surface area (Å²) in [5.41, 5.74) is 0. The highest BCUT2D eigenvalue weighted by atomic mass is 16.2. The molecule has 3 aliphatic rings. The van der Waals surface area contributed by atoms with Crippen LogP contribution in [0.2, 0.25) is 0 Å². The number of hydrogen-bond donors (Lipinski definition) is 1. The number of nitrogens with zero attached hydrogens (tertiary/aromatic N) is 1. The summed E-state index contributed by atoms with van der Waals surface area (Å²) in [5.74, 6) is 2.82. The van der Waals surface area contributed by atoms with Crippen molar-refractivity contribution in [2.24, 2.45) is 17.8 Å². The zero-order chi connectivity index (χ0) is 11.0. The molecule has 1 saturated carbocycles. The van der Waals surface area contributed by atoms with Crippen molar-refractivity contribution in [3.63, 3.8) is 0 Å². The van der Waals surface area contributed by atoms with Gasteiger partial charge in [-0.3, -0.25) is 4.79 Å². The van der Waals surface area contributed by atoms with Gasteiger partial charge in [-0.25, -0.2) is 0 Å². The molecule has 1 aliphatic carbocycles. The van der Waals surface area contributed by atoms with Gasteiger partial charge in [-0.15, -0.1) is 0 Å². The van der Waals surface area contributed by atoms with Gasteiger partial charge in [0.2, 0.25) is 5.91 Å². The second kappa shape index (κ2) is 4.36. The van der Waals surface area contributed by atoms with E-state index in [0.29, 0.717) is 5.91 Å². The third-order valence-corrected chi connectivity index (χ3v) is 4.53. The van der Waals surface area contributed by atoms with Crippen molar-refractivity contribution in [2.45, 2.75) is 32.1 Å². The van der Waals surface area contributed by atoms with Crippen LogP contribution in [0.5, 0.6) is 0 Å². The molecule has 1 N–H and O–H groups in total. The average Bonchev–Trinajstić information content (AvgIpc) is 3.02. The van der Waals surface area contributed by atoms with E-state index >= 15 is 0 Å². The molecule has 2 saturated heterocycles. The number of carbonyl (C=O) groups is 1. The second-order valence-corrected chi connectivity index (χ2v) is 5.78. The largest absolute Gasteiger partial charge is 0.343 e. The molecule has 0 spiro atoms. The van der Waals surface area contributed by atoms with Crippen LogP contribution in [0, 0.1) is 17.8 Å². The van der Waals surface area contributed by atoms with Gasteiger partial charge in [0.05, 0.1) is 0 Å². The lowest BCUT2D eigenvalue weighted by Crippen LogP contribution is -2.32. The summed E-state index contributed by atoms with van der Waals surface area (Å²) in [6.07, 6.45) is 5.83. The van der Waals surface area contributed by atoms with Gasteiger partial charge in [0, 0.05) is 19.5 Å². The lowest BCUT2D eigenvalue weighted by atomic mass is 9.92. The molecule has 3 nitrogen and oxygen atoms in total. The SMILES string of the molecule is O=C(CC1CC1)N1CC[C@@H]2CNC[C@@H]2CC1. The van der Waals surface area contributed by atoms with Gasteiger partial charge in [-0.05, 0) is 56.5 Å². The van der Waals surface area contributed by atoms with Crippen LogP contribution in [-0.2, 0) is 4.79 Å². The highest BCUT2D eigenvalue weighted by Gasteiger charge is 2.33. The number of carbonyl (C=O) groups excluding carboxylic acids is 1. The summed E-state index contributed by atoms with van der Waals surface area (Å²) in [5, 5.41) is 3.47. The maximum absolute atomic E-state index is 12.0. The van der Waals surface area contributed by atoms with Gasteiger partial charge < -0.3 is 10.2 Å². The minimum absolute atomic E-state index is 0.426. The van der Waals surface area contributed by atoms with Gasteiger partial charge in [0.15, 0.2) is 0 Å². The Morgan fingerprint density at radius 2 is 1.69 bits per heavy atom. The standard InChI is InChI=1S/C13H22N2O/c16-13(7-10-1-2-10)15-5-3-11-8-14-9-12(11)4-6-15/h10-12,14H,1-9H2/t11-,12+. The molecule has 0 aromatic rings. The highest BCUT2D eigenvalue weighted by molar-refractivity contribution is 5.76. The van der Waals surface area contributed by atoms with E-state index in [4.69, 9.17) is 0 Å². The number of nitrogens with one attached hydrogen (secondary N) is 1. The fourth-order valence-corrected chi connectivity index (χ4v) is 3.17. The molecule has 2 atom stereocenters. The van der Waals surface area contributed by atoms with Crippen molar-refractivity contribution in [2.75, 3.05) is 26.2 Å². The van der Waals surface area contributed by atoms with Gasteiger partial charge in [0.1, 0.15) is 0 Å². The lowest BCUT2D eigenvalue weighted by molar-refractivity contribution is -0.131. The van der Waals surface area contributed by atoms with E-state index < -0.39 is 0 Å². The smallest absolute Gasteiger partial charge is 0.222 e. The first-order valence-corrected chi connectivity index (χ1v) is 6.81. The third-order valence-electron chi connectivity index (χ3n) is 4.53. The van der Waals surface area contributed by atoms with Crippen LogP contribution in [0.4, 0.5) is 0 Å². The molecule has 2 aliphatic heterocycles. The van der Waals surface area contributed by atoms with Crippen molar-refractivity contribution >= 4 is 5.91 Å². The van der Waals surface area contributed by atoms with Crippen molar-refractivity contribution in [3.8, 4) is 0 Å². The molecule has 3 fully saturated rings. The number of hydrogen-bond acceptors (Lipinski definition) is 2. The predicted octanol–water partition coefficient (Wildman–Crippen LogP) is 1.24. The Bertz CT molecular complexity index is 261. The molecule has 0 aromatic carbocycles. The summed E-state index contributed by atoms with van der Waals surface area (Å²) in [7, 11) is 0. The van der Waals surface area contributed by atoms with Crippen LogP contribution >= 0.6 is 0 Å². The van der Waals surface area contributed by atoms with Crippen LogP contribution in [0.3, 0.4) is 0 Å². The fraction of sp³-hybridized carbons (Fsp3) is 0.923. The number of amides is 1. The van der Waals surface area contributed by atoms with Crippen molar-refractivity contribution < 1.29 is 4.79 Å². The third kappa shape index (κ3) is 2.24. The first kappa shape index (κ1) is 10.6. The summed E-state index contributed by atoms with van der Waals surface area (Å²) in [6.45, 7) is 4.37. The van der Waals surface area contributed by atoms with Crippen LogP contribution in [-0.4, -0.2) is 37.0 Å². The first-order valence-electron chi connectivity index (χ1n) is 6.81. The molecule has 0 unspecified atom stereocenters. The topological polar surface area (TPSA) is 32.3 Å². The molecular formula is C13H22N2O. The first-order chi connectivity index (χ1) is 7.83. The fourth-order valence-electron chi connectivity index (χ4n) is 3.17. The van der Waals surface area contributed by atoms with Crippen LogP contribution < -0.4 is 5.32 Å². The minimum atomic E-state index is 0.426. The maximum atomic E-state index is 12.0. The van der Waals surface area contributed by atoms with E-state index in [0.717, 1.165) is 37.3 Å². The van der Waals surface area contributed by atoms with Gasteiger partial charge in [-0.1, -0.05) is 0 Å². The molecule has 3 heteroatoms. The van der Waals surface area contributed by atoms with Crippen molar-refractivity contribution in [1.29, 1.82) is 0 Å². The zero-order valence-corrected chi connectivity index (χ0v) is 9.95. The molecule has 1 amide bonds. The monoisotopic (exact) mass is 222 g/mol. The molecule has 0 aromatic heterocycles. The Kier molecular flexibility index (Phi) is 2.88. The molecular weight excluding hydrogens is 200 g/mol. The molecule has 0 bridgehead atoms. The van der Waals surface area contributed by atoms with Crippen LogP contribution in [0.1, 0.15) is 32.1 Å². The van der Waals surface area contributed by atoms with E-state index in [2.05, 4.69) is 10.2 Å².